The Hall–Kier alpha value is -1.57. The standard InChI is InChI=1S/C16H15NO4S2/c18-15-14(7-10-3-4-12-13(6-10)21-9-20-12)23-16(22)17(15)8-11-2-1-5-19-11/h3-4,6-7,11H,1-2,5,8-9H2. The summed E-state index contributed by atoms with van der Waals surface area (Å²) in [6, 6.07) is 5.62. The minimum atomic E-state index is -0.0480. The second-order valence-electron chi connectivity index (χ2n) is 5.54. The van der Waals surface area contributed by atoms with Crippen molar-refractivity contribution in [3.05, 3.63) is 28.7 Å². The second-order valence-corrected chi connectivity index (χ2v) is 7.22. The minimum absolute atomic E-state index is 0.0480. The van der Waals surface area contributed by atoms with E-state index in [2.05, 4.69) is 0 Å². The van der Waals surface area contributed by atoms with E-state index in [0.717, 1.165) is 30.8 Å². The molecule has 1 atom stereocenters. The molecule has 3 aliphatic heterocycles. The molecule has 0 saturated carbocycles. The summed E-state index contributed by atoms with van der Waals surface area (Å²) in [7, 11) is 0. The predicted octanol–water partition coefficient (Wildman–Crippen LogP) is 2.80. The summed E-state index contributed by atoms with van der Waals surface area (Å²) in [6.07, 6.45) is 3.98. The van der Waals surface area contributed by atoms with Crippen LogP contribution in [-0.4, -0.2) is 41.2 Å². The van der Waals surface area contributed by atoms with Gasteiger partial charge in [0.25, 0.3) is 5.91 Å². The Bertz CT molecular complexity index is 697. The molecular formula is C16H15NO4S2. The van der Waals surface area contributed by atoms with Gasteiger partial charge in [0.05, 0.1) is 17.6 Å². The quantitative estimate of drug-likeness (QED) is 0.618. The maximum Gasteiger partial charge on any atom is 0.266 e. The van der Waals surface area contributed by atoms with Crippen molar-refractivity contribution in [3.63, 3.8) is 0 Å². The summed E-state index contributed by atoms with van der Waals surface area (Å²) in [4.78, 5) is 14.9. The molecule has 0 aliphatic carbocycles. The smallest absolute Gasteiger partial charge is 0.266 e. The Kier molecular flexibility index (Phi) is 4.00. The lowest BCUT2D eigenvalue weighted by atomic mass is 10.2. The van der Waals surface area contributed by atoms with E-state index in [1.165, 1.54) is 11.8 Å². The molecule has 4 rings (SSSR count). The van der Waals surface area contributed by atoms with Crippen LogP contribution in [-0.2, 0) is 9.53 Å². The molecule has 120 valence electrons. The first-order chi connectivity index (χ1) is 11.2. The van der Waals surface area contributed by atoms with Gasteiger partial charge in [-0.15, -0.1) is 0 Å². The number of thiocarbonyl (C=S) groups is 1. The van der Waals surface area contributed by atoms with E-state index in [-0.39, 0.29) is 18.8 Å². The van der Waals surface area contributed by atoms with Gasteiger partial charge in [0.15, 0.2) is 11.5 Å². The number of nitrogens with zero attached hydrogens (tertiary/aromatic N) is 1. The van der Waals surface area contributed by atoms with Gasteiger partial charge in [0, 0.05) is 6.61 Å². The number of rotatable bonds is 3. The van der Waals surface area contributed by atoms with Crippen molar-refractivity contribution in [2.24, 2.45) is 0 Å². The van der Waals surface area contributed by atoms with Crippen LogP contribution in [0.5, 0.6) is 11.5 Å². The molecule has 5 nitrogen and oxygen atoms in total. The lowest BCUT2D eigenvalue weighted by Gasteiger charge is -2.18. The highest BCUT2D eigenvalue weighted by molar-refractivity contribution is 8.26. The van der Waals surface area contributed by atoms with Gasteiger partial charge in [-0.05, 0) is 36.6 Å². The topological polar surface area (TPSA) is 48.0 Å². The van der Waals surface area contributed by atoms with E-state index < -0.39 is 0 Å². The number of fused-ring (bicyclic) bond motifs is 1. The number of hydrogen-bond donors (Lipinski definition) is 0. The predicted molar refractivity (Wildman–Crippen MR) is 91.4 cm³/mol. The van der Waals surface area contributed by atoms with Crippen LogP contribution in [0.1, 0.15) is 18.4 Å². The van der Waals surface area contributed by atoms with Gasteiger partial charge in [0.1, 0.15) is 4.32 Å². The van der Waals surface area contributed by atoms with Gasteiger partial charge in [-0.3, -0.25) is 9.69 Å². The number of carbonyl (C=O) groups is 1. The number of carbonyl (C=O) groups excluding carboxylic acids is 1. The fourth-order valence-electron chi connectivity index (χ4n) is 2.80. The number of benzene rings is 1. The van der Waals surface area contributed by atoms with E-state index in [4.69, 9.17) is 26.4 Å². The molecule has 1 unspecified atom stereocenters. The van der Waals surface area contributed by atoms with E-state index in [0.29, 0.717) is 21.5 Å². The molecule has 1 aromatic rings. The van der Waals surface area contributed by atoms with Gasteiger partial charge in [-0.1, -0.05) is 30.0 Å². The highest BCUT2D eigenvalue weighted by Crippen LogP contribution is 2.36. The fourth-order valence-corrected chi connectivity index (χ4v) is 4.08. The molecule has 0 radical (unpaired) electrons. The molecule has 2 saturated heterocycles. The first-order valence-corrected chi connectivity index (χ1v) is 8.70. The maximum atomic E-state index is 12.6. The molecule has 0 N–H and O–H groups in total. The molecule has 3 heterocycles. The minimum Gasteiger partial charge on any atom is -0.454 e. The van der Waals surface area contributed by atoms with Crippen LogP contribution in [0.25, 0.3) is 6.08 Å². The van der Waals surface area contributed by atoms with Crippen molar-refractivity contribution in [2.45, 2.75) is 18.9 Å². The van der Waals surface area contributed by atoms with Crippen molar-refractivity contribution >= 4 is 40.3 Å². The van der Waals surface area contributed by atoms with Gasteiger partial charge in [-0.2, -0.15) is 0 Å². The molecule has 1 aromatic carbocycles. The molecule has 0 spiro atoms. The van der Waals surface area contributed by atoms with Gasteiger partial charge in [0.2, 0.25) is 6.79 Å². The average Bonchev–Trinajstić information content (AvgIpc) is 3.26. The summed E-state index contributed by atoms with van der Waals surface area (Å²) < 4.78 is 16.9. The summed E-state index contributed by atoms with van der Waals surface area (Å²) in [5, 5.41) is 0. The maximum absolute atomic E-state index is 12.6. The summed E-state index contributed by atoms with van der Waals surface area (Å²) in [6.45, 7) is 1.55. The largest absolute Gasteiger partial charge is 0.454 e. The van der Waals surface area contributed by atoms with Crippen molar-refractivity contribution in [1.29, 1.82) is 0 Å². The number of ether oxygens (including phenoxy) is 3. The second kappa shape index (κ2) is 6.14. The van der Waals surface area contributed by atoms with Crippen LogP contribution in [0.2, 0.25) is 0 Å². The highest BCUT2D eigenvalue weighted by Gasteiger charge is 2.34. The monoisotopic (exact) mass is 349 g/mol. The number of thioether (sulfide) groups is 1. The number of amides is 1. The molecule has 3 aliphatic rings. The third-order valence-electron chi connectivity index (χ3n) is 3.98. The Balaban J connectivity index is 1.52. The van der Waals surface area contributed by atoms with Crippen LogP contribution in [0, 0.1) is 0 Å². The van der Waals surface area contributed by atoms with E-state index in [9.17, 15) is 4.79 Å². The Morgan fingerprint density at radius 3 is 3.04 bits per heavy atom. The zero-order valence-electron chi connectivity index (χ0n) is 12.3. The highest BCUT2D eigenvalue weighted by atomic mass is 32.2. The van der Waals surface area contributed by atoms with E-state index >= 15 is 0 Å². The zero-order valence-corrected chi connectivity index (χ0v) is 14.0. The summed E-state index contributed by atoms with van der Waals surface area (Å²) in [5.41, 5.74) is 0.895. The Morgan fingerprint density at radius 2 is 2.22 bits per heavy atom. The molecule has 1 amide bonds. The average molecular weight is 349 g/mol. The van der Waals surface area contributed by atoms with Crippen molar-refractivity contribution < 1.29 is 19.0 Å². The third kappa shape index (κ3) is 2.96. The molecule has 0 bridgehead atoms. The number of hydrogen-bond acceptors (Lipinski definition) is 6. The van der Waals surface area contributed by atoms with Crippen LogP contribution in [0.4, 0.5) is 0 Å². The molecular weight excluding hydrogens is 334 g/mol. The normalized spacial score (nSPS) is 25.0. The summed E-state index contributed by atoms with van der Waals surface area (Å²) >= 11 is 6.69. The Morgan fingerprint density at radius 1 is 1.35 bits per heavy atom. The molecule has 7 heteroatoms. The molecule has 0 aromatic heterocycles. The fraction of sp³-hybridized carbons (Fsp3) is 0.375. The van der Waals surface area contributed by atoms with Crippen molar-refractivity contribution in [2.75, 3.05) is 19.9 Å². The lowest BCUT2D eigenvalue weighted by molar-refractivity contribution is -0.123. The third-order valence-corrected chi connectivity index (χ3v) is 5.36. The van der Waals surface area contributed by atoms with Gasteiger partial charge in [-0.25, -0.2) is 0 Å². The van der Waals surface area contributed by atoms with Gasteiger partial charge >= 0.3 is 0 Å². The first kappa shape index (κ1) is 15.0. The van der Waals surface area contributed by atoms with Crippen LogP contribution in [0.15, 0.2) is 23.1 Å². The van der Waals surface area contributed by atoms with Gasteiger partial charge < -0.3 is 14.2 Å². The molecule has 23 heavy (non-hydrogen) atoms. The zero-order chi connectivity index (χ0) is 15.8. The summed E-state index contributed by atoms with van der Waals surface area (Å²) in [5.74, 6) is 1.38. The van der Waals surface area contributed by atoms with Crippen molar-refractivity contribution in [1.82, 2.24) is 4.90 Å². The lowest BCUT2D eigenvalue weighted by Crippen LogP contribution is -2.35. The first-order valence-electron chi connectivity index (χ1n) is 7.47. The van der Waals surface area contributed by atoms with E-state index in [1.807, 2.05) is 24.3 Å². The van der Waals surface area contributed by atoms with Crippen LogP contribution >= 0.6 is 24.0 Å². The Labute approximate surface area is 143 Å². The SMILES string of the molecule is O=C1C(=Cc2ccc3c(c2)OCO3)SC(=S)N1CC1CCCO1. The molecule has 2 fully saturated rings. The van der Waals surface area contributed by atoms with Crippen LogP contribution < -0.4 is 9.47 Å². The van der Waals surface area contributed by atoms with Crippen molar-refractivity contribution in [3.8, 4) is 11.5 Å². The van der Waals surface area contributed by atoms with Crippen LogP contribution in [0.3, 0.4) is 0 Å². The van der Waals surface area contributed by atoms with E-state index in [1.54, 1.807) is 4.90 Å².